The summed E-state index contributed by atoms with van der Waals surface area (Å²) >= 11 is 0. The third-order valence-electron chi connectivity index (χ3n) is 3.87. The van der Waals surface area contributed by atoms with Gasteiger partial charge in [-0.25, -0.2) is 0 Å². The number of ether oxygens (including phenoxy) is 1. The fourth-order valence-corrected chi connectivity index (χ4v) is 3.12. The van der Waals surface area contributed by atoms with Crippen molar-refractivity contribution < 1.29 is 9.53 Å². The largest absolute Gasteiger partial charge is 0.427 e. The van der Waals surface area contributed by atoms with Crippen molar-refractivity contribution in [2.75, 3.05) is 0 Å². The first-order chi connectivity index (χ1) is 9.70. The second-order valence-electron chi connectivity index (χ2n) is 5.27. The van der Waals surface area contributed by atoms with E-state index in [0.717, 1.165) is 12.8 Å². The highest BCUT2D eigenvalue weighted by atomic mass is 16.5. The first kappa shape index (κ1) is 12.9. The smallest absolute Gasteiger partial charge is 0.308 e. The Kier molecular flexibility index (Phi) is 3.31. The monoisotopic (exact) mass is 266 g/mol. The van der Waals surface area contributed by atoms with Crippen LogP contribution in [0.25, 0.3) is 11.1 Å². The predicted octanol–water partition coefficient (Wildman–Crippen LogP) is 4.52. The number of fused-ring (bicyclic) bond motifs is 3. The fraction of sp³-hybridized carbons (Fsp3) is 0.278. The van der Waals surface area contributed by atoms with Crippen LogP contribution in [0.5, 0.6) is 5.75 Å². The molecule has 1 unspecified atom stereocenters. The van der Waals surface area contributed by atoms with Crippen LogP contribution in [-0.4, -0.2) is 5.97 Å². The van der Waals surface area contributed by atoms with E-state index in [1.165, 1.54) is 29.2 Å². The maximum Gasteiger partial charge on any atom is 0.308 e. The van der Waals surface area contributed by atoms with E-state index in [1.807, 2.05) is 12.1 Å². The lowest BCUT2D eigenvalue weighted by Gasteiger charge is -2.12. The lowest BCUT2D eigenvalue weighted by Crippen LogP contribution is -2.01. The number of hydrogen-bond donors (Lipinski definition) is 0. The van der Waals surface area contributed by atoms with Gasteiger partial charge in [-0.15, -0.1) is 0 Å². The van der Waals surface area contributed by atoms with Gasteiger partial charge < -0.3 is 4.74 Å². The van der Waals surface area contributed by atoms with Gasteiger partial charge in [-0.2, -0.15) is 0 Å². The van der Waals surface area contributed by atoms with Crippen LogP contribution >= 0.6 is 0 Å². The molecule has 1 atom stereocenters. The molecule has 2 heteroatoms. The highest BCUT2D eigenvalue weighted by Crippen LogP contribution is 2.47. The van der Waals surface area contributed by atoms with E-state index >= 15 is 0 Å². The number of carbonyl (C=O) groups is 1. The Morgan fingerprint density at radius 3 is 2.60 bits per heavy atom. The Labute approximate surface area is 119 Å². The van der Waals surface area contributed by atoms with Crippen molar-refractivity contribution in [3.8, 4) is 16.9 Å². The fourth-order valence-electron chi connectivity index (χ4n) is 3.12. The molecule has 0 bridgehead atoms. The minimum atomic E-state index is -0.277. The molecule has 20 heavy (non-hydrogen) atoms. The van der Waals surface area contributed by atoms with Crippen molar-refractivity contribution in [2.24, 2.45) is 0 Å². The van der Waals surface area contributed by atoms with Gasteiger partial charge in [0.15, 0.2) is 0 Å². The van der Waals surface area contributed by atoms with Crippen molar-refractivity contribution in [2.45, 2.75) is 32.6 Å². The second kappa shape index (κ2) is 5.12. The SMILES string of the molecule is CCCC1c2ccccc2-c2cc(OC(C)=O)ccc21. The van der Waals surface area contributed by atoms with E-state index in [-0.39, 0.29) is 5.97 Å². The zero-order chi connectivity index (χ0) is 14.1. The summed E-state index contributed by atoms with van der Waals surface area (Å²) in [4.78, 5) is 11.1. The number of rotatable bonds is 3. The van der Waals surface area contributed by atoms with E-state index in [2.05, 4.69) is 37.3 Å². The maximum atomic E-state index is 11.1. The Hall–Kier alpha value is -2.09. The Morgan fingerprint density at radius 1 is 1.10 bits per heavy atom. The van der Waals surface area contributed by atoms with E-state index < -0.39 is 0 Å². The Morgan fingerprint density at radius 2 is 1.85 bits per heavy atom. The highest BCUT2D eigenvalue weighted by Gasteiger charge is 2.27. The molecule has 0 spiro atoms. The minimum Gasteiger partial charge on any atom is -0.427 e. The van der Waals surface area contributed by atoms with Gasteiger partial charge in [0, 0.05) is 12.8 Å². The van der Waals surface area contributed by atoms with Gasteiger partial charge in [0.05, 0.1) is 0 Å². The van der Waals surface area contributed by atoms with E-state index in [0.29, 0.717) is 11.7 Å². The molecule has 0 radical (unpaired) electrons. The van der Waals surface area contributed by atoms with Crippen LogP contribution in [0.2, 0.25) is 0 Å². The molecule has 2 aromatic rings. The van der Waals surface area contributed by atoms with Gasteiger partial charge in [-0.1, -0.05) is 43.7 Å². The third-order valence-corrected chi connectivity index (χ3v) is 3.87. The summed E-state index contributed by atoms with van der Waals surface area (Å²) in [5, 5.41) is 0. The van der Waals surface area contributed by atoms with Crippen molar-refractivity contribution in [3.05, 3.63) is 53.6 Å². The minimum absolute atomic E-state index is 0.277. The summed E-state index contributed by atoms with van der Waals surface area (Å²) < 4.78 is 5.21. The summed E-state index contributed by atoms with van der Waals surface area (Å²) in [6.45, 7) is 3.65. The molecule has 0 fully saturated rings. The molecular formula is C18H18O2. The topological polar surface area (TPSA) is 26.3 Å². The van der Waals surface area contributed by atoms with Crippen LogP contribution in [0, 0.1) is 0 Å². The maximum absolute atomic E-state index is 11.1. The van der Waals surface area contributed by atoms with Crippen molar-refractivity contribution in [1.29, 1.82) is 0 Å². The molecule has 2 aromatic carbocycles. The highest BCUT2D eigenvalue weighted by molar-refractivity contribution is 5.80. The van der Waals surface area contributed by atoms with Crippen LogP contribution in [0.1, 0.15) is 43.7 Å². The molecule has 102 valence electrons. The molecule has 0 saturated carbocycles. The molecule has 3 rings (SSSR count). The normalized spacial score (nSPS) is 15.6. The van der Waals surface area contributed by atoms with Crippen LogP contribution in [0.3, 0.4) is 0 Å². The lowest BCUT2D eigenvalue weighted by atomic mass is 9.92. The molecule has 0 aliphatic heterocycles. The predicted molar refractivity (Wildman–Crippen MR) is 79.9 cm³/mol. The Bertz CT molecular complexity index is 658. The molecule has 1 aliphatic carbocycles. The van der Waals surface area contributed by atoms with Crippen LogP contribution in [0.4, 0.5) is 0 Å². The summed E-state index contributed by atoms with van der Waals surface area (Å²) in [6, 6.07) is 14.5. The first-order valence-corrected chi connectivity index (χ1v) is 7.12. The summed E-state index contributed by atoms with van der Waals surface area (Å²) in [7, 11) is 0. The molecule has 1 aliphatic rings. The number of carbonyl (C=O) groups excluding carboxylic acids is 1. The van der Waals surface area contributed by atoms with Crippen molar-refractivity contribution in [3.63, 3.8) is 0 Å². The van der Waals surface area contributed by atoms with Gasteiger partial charge in [-0.3, -0.25) is 4.79 Å². The summed E-state index contributed by atoms with van der Waals surface area (Å²) in [6.07, 6.45) is 2.31. The molecule has 0 aromatic heterocycles. The van der Waals surface area contributed by atoms with Gasteiger partial charge in [0.25, 0.3) is 0 Å². The summed E-state index contributed by atoms with van der Waals surface area (Å²) in [5.41, 5.74) is 5.22. The third kappa shape index (κ3) is 2.11. The summed E-state index contributed by atoms with van der Waals surface area (Å²) in [5.74, 6) is 0.821. The average Bonchev–Trinajstić information content (AvgIpc) is 2.73. The van der Waals surface area contributed by atoms with Crippen LogP contribution < -0.4 is 4.74 Å². The number of hydrogen-bond acceptors (Lipinski definition) is 2. The van der Waals surface area contributed by atoms with Crippen LogP contribution in [0.15, 0.2) is 42.5 Å². The van der Waals surface area contributed by atoms with Crippen molar-refractivity contribution >= 4 is 5.97 Å². The molecule has 0 heterocycles. The Balaban J connectivity index is 2.10. The van der Waals surface area contributed by atoms with Crippen molar-refractivity contribution in [1.82, 2.24) is 0 Å². The zero-order valence-corrected chi connectivity index (χ0v) is 11.8. The standard InChI is InChI=1S/C18H18O2/c1-3-6-14-15-7-4-5-8-16(15)18-11-13(20-12(2)19)9-10-17(14)18/h4-5,7-11,14H,3,6H2,1-2H3. The second-order valence-corrected chi connectivity index (χ2v) is 5.27. The van der Waals surface area contributed by atoms with Crippen LogP contribution in [-0.2, 0) is 4.79 Å². The molecule has 0 saturated heterocycles. The van der Waals surface area contributed by atoms with E-state index in [1.54, 1.807) is 0 Å². The molecule has 2 nitrogen and oxygen atoms in total. The van der Waals surface area contributed by atoms with Gasteiger partial charge >= 0.3 is 5.97 Å². The molecule has 0 N–H and O–H groups in total. The number of benzene rings is 2. The van der Waals surface area contributed by atoms with Gasteiger partial charge in [0.2, 0.25) is 0 Å². The zero-order valence-electron chi connectivity index (χ0n) is 11.8. The lowest BCUT2D eigenvalue weighted by molar-refractivity contribution is -0.131. The van der Waals surface area contributed by atoms with E-state index in [4.69, 9.17) is 4.74 Å². The van der Waals surface area contributed by atoms with E-state index in [9.17, 15) is 4.79 Å². The number of esters is 1. The molecule has 0 amide bonds. The van der Waals surface area contributed by atoms with Gasteiger partial charge in [-0.05, 0) is 40.8 Å². The molecular weight excluding hydrogens is 248 g/mol. The average molecular weight is 266 g/mol. The quantitative estimate of drug-likeness (QED) is 0.603. The van der Waals surface area contributed by atoms with Gasteiger partial charge in [0.1, 0.15) is 5.75 Å². The first-order valence-electron chi connectivity index (χ1n) is 7.12.